The molecule has 1 unspecified atom stereocenters. The molecule has 0 radical (unpaired) electrons. The molecule has 0 aromatic rings. The van der Waals surface area contributed by atoms with Gasteiger partial charge in [-0.1, -0.05) is 0 Å². The van der Waals surface area contributed by atoms with Crippen LogP contribution in [0.25, 0.3) is 0 Å². The summed E-state index contributed by atoms with van der Waals surface area (Å²) >= 11 is 4.12. The third-order valence-corrected chi connectivity index (χ3v) is 2.71. The minimum Gasteiger partial charge on any atom is -0.394 e. The van der Waals surface area contributed by atoms with Crippen LogP contribution >= 0.6 is 12.6 Å². The predicted octanol–water partition coefficient (Wildman–Crippen LogP) is -0.882. The number of aliphatic hydroxyl groups excluding tert-OH is 2. The van der Waals surface area contributed by atoms with E-state index in [0.717, 1.165) is 0 Å². The lowest BCUT2D eigenvalue weighted by molar-refractivity contribution is -0.129. The van der Waals surface area contributed by atoms with Gasteiger partial charge in [0.1, 0.15) is 0 Å². The van der Waals surface area contributed by atoms with E-state index in [1.165, 1.54) is 0 Å². The van der Waals surface area contributed by atoms with Crippen molar-refractivity contribution in [2.24, 2.45) is 5.92 Å². The van der Waals surface area contributed by atoms with Crippen molar-refractivity contribution in [2.45, 2.75) is 12.5 Å². The lowest BCUT2D eigenvalue weighted by Crippen LogP contribution is -2.35. The molecule has 2 atom stereocenters. The Morgan fingerprint density at radius 2 is 2.38 bits per heavy atom. The summed E-state index contributed by atoms with van der Waals surface area (Å²) in [6.07, 6.45) is -0.301. The molecule has 0 aliphatic carbocycles. The second kappa shape index (κ2) is 4.83. The summed E-state index contributed by atoms with van der Waals surface area (Å²) in [4.78, 5) is 12.9. The number of rotatable bonds is 4. The van der Waals surface area contributed by atoms with E-state index < -0.39 is 6.10 Å². The summed E-state index contributed by atoms with van der Waals surface area (Å²) in [7, 11) is 0. The van der Waals surface area contributed by atoms with Crippen LogP contribution in [0.15, 0.2) is 0 Å². The second-order valence-electron chi connectivity index (χ2n) is 3.39. The van der Waals surface area contributed by atoms with Crippen molar-refractivity contribution in [3.8, 4) is 0 Å². The molecule has 1 fully saturated rings. The fourth-order valence-electron chi connectivity index (χ4n) is 1.46. The van der Waals surface area contributed by atoms with E-state index in [1.54, 1.807) is 4.90 Å². The Balaban J connectivity index is 2.39. The van der Waals surface area contributed by atoms with Gasteiger partial charge >= 0.3 is 0 Å². The Bertz CT molecular complexity index is 188. The molecule has 1 aliphatic heterocycles. The molecule has 2 N–H and O–H groups in total. The monoisotopic (exact) mass is 205 g/mol. The average Bonchev–Trinajstić information content (AvgIpc) is 2.47. The molecule has 5 heteroatoms. The number of thiol groups is 1. The summed E-state index contributed by atoms with van der Waals surface area (Å²) < 4.78 is 0. The van der Waals surface area contributed by atoms with Crippen LogP contribution in [0.2, 0.25) is 0 Å². The molecule has 0 saturated carbocycles. The first kappa shape index (κ1) is 10.8. The van der Waals surface area contributed by atoms with Gasteiger partial charge in [-0.3, -0.25) is 4.79 Å². The van der Waals surface area contributed by atoms with Crippen molar-refractivity contribution in [2.75, 3.05) is 25.4 Å². The molecule has 76 valence electrons. The van der Waals surface area contributed by atoms with Crippen LogP contribution in [0.5, 0.6) is 0 Å². The highest BCUT2D eigenvalue weighted by atomic mass is 32.1. The van der Waals surface area contributed by atoms with Gasteiger partial charge in [0.25, 0.3) is 0 Å². The minimum absolute atomic E-state index is 0.0477. The first-order valence-electron chi connectivity index (χ1n) is 4.35. The highest BCUT2D eigenvalue weighted by molar-refractivity contribution is 7.80. The van der Waals surface area contributed by atoms with Gasteiger partial charge in [-0.05, 0) is 11.7 Å². The van der Waals surface area contributed by atoms with Crippen molar-refractivity contribution in [3.63, 3.8) is 0 Å². The van der Waals surface area contributed by atoms with Crippen molar-refractivity contribution >= 4 is 18.5 Å². The number of hydrogen-bond donors (Lipinski definition) is 3. The Morgan fingerprint density at radius 3 is 2.85 bits per heavy atom. The SMILES string of the molecule is O=C1CC(CS)CN1C[C@@H](O)CO. The minimum atomic E-state index is -0.817. The Kier molecular flexibility index (Phi) is 4.02. The van der Waals surface area contributed by atoms with Crippen LogP contribution in [0.3, 0.4) is 0 Å². The van der Waals surface area contributed by atoms with Crippen molar-refractivity contribution < 1.29 is 15.0 Å². The number of β-amino-alcohol motifs (C(OH)–C–C–N with tert-alkyl or cyclic N) is 1. The van der Waals surface area contributed by atoms with Crippen molar-refractivity contribution in [1.29, 1.82) is 0 Å². The lowest BCUT2D eigenvalue weighted by Gasteiger charge is -2.18. The van der Waals surface area contributed by atoms with E-state index in [0.29, 0.717) is 24.6 Å². The number of hydrogen-bond acceptors (Lipinski definition) is 4. The van der Waals surface area contributed by atoms with Crippen LogP contribution < -0.4 is 0 Å². The number of carbonyl (C=O) groups excluding carboxylic acids is 1. The van der Waals surface area contributed by atoms with E-state index in [-0.39, 0.29) is 19.1 Å². The van der Waals surface area contributed by atoms with Crippen molar-refractivity contribution in [1.82, 2.24) is 4.90 Å². The highest BCUT2D eigenvalue weighted by Gasteiger charge is 2.29. The molecule has 1 aliphatic rings. The van der Waals surface area contributed by atoms with Crippen LogP contribution in [0.4, 0.5) is 0 Å². The number of aliphatic hydroxyl groups is 2. The molecule has 0 aromatic carbocycles. The quantitative estimate of drug-likeness (QED) is 0.522. The molecule has 4 nitrogen and oxygen atoms in total. The van der Waals surface area contributed by atoms with Crippen LogP contribution in [-0.4, -0.2) is 52.6 Å². The fourth-order valence-corrected chi connectivity index (χ4v) is 1.71. The Hall–Kier alpha value is -0.260. The maximum Gasteiger partial charge on any atom is 0.223 e. The summed E-state index contributed by atoms with van der Waals surface area (Å²) in [5.74, 6) is 1.03. The van der Waals surface area contributed by atoms with E-state index in [9.17, 15) is 4.79 Å². The zero-order valence-electron chi connectivity index (χ0n) is 7.39. The lowest BCUT2D eigenvalue weighted by atomic mass is 10.1. The number of carbonyl (C=O) groups is 1. The summed E-state index contributed by atoms with van der Waals surface area (Å²) in [6.45, 7) is 0.592. The smallest absolute Gasteiger partial charge is 0.223 e. The predicted molar refractivity (Wildman–Crippen MR) is 51.6 cm³/mol. The molecule has 0 bridgehead atoms. The van der Waals surface area contributed by atoms with Crippen LogP contribution in [0.1, 0.15) is 6.42 Å². The first-order chi connectivity index (χ1) is 6.17. The summed E-state index contributed by atoms with van der Waals surface area (Å²) in [5, 5.41) is 17.7. The normalized spacial score (nSPS) is 25.3. The van der Waals surface area contributed by atoms with Crippen LogP contribution in [0, 0.1) is 5.92 Å². The van der Waals surface area contributed by atoms with Gasteiger partial charge in [0.05, 0.1) is 12.7 Å². The molecular formula is C8H15NO3S. The third kappa shape index (κ3) is 2.86. The maximum absolute atomic E-state index is 11.3. The summed E-state index contributed by atoms with van der Waals surface area (Å²) in [5.41, 5.74) is 0. The topological polar surface area (TPSA) is 60.8 Å². The summed E-state index contributed by atoms with van der Waals surface area (Å²) in [6, 6.07) is 0. The van der Waals surface area contributed by atoms with Gasteiger partial charge in [-0.25, -0.2) is 0 Å². The Morgan fingerprint density at radius 1 is 1.69 bits per heavy atom. The zero-order chi connectivity index (χ0) is 9.84. The number of amides is 1. The molecule has 1 amide bonds. The Labute approximate surface area is 83.0 Å². The van der Waals surface area contributed by atoms with E-state index >= 15 is 0 Å². The average molecular weight is 205 g/mol. The standard InChI is InChI=1S/C8H15NO3S/c10-4-7(11)3-9-2-6(5-13)1-8(9)12/h6-7,10-11,13H,1-5H2/t6?,7-/m1/s1. The highest BCUT2D eigenvalue weighted by Crippen LogP contribution is 2.18. The molecule has 1 heterocycles. The van der Waals surface area contributed by atoms with Gasteiger partial charge in [0.15, 0.2) is 0 Å². The third-order valence-electron chi connectivity index (χ3n) is 2.19. The molecule has 13 heavy (non-hydrogen) atoms. The molecule has 0 aromatic heterocycles. The molecule has 1 saturated heterocycles. The zero-order valence-corrected chi connectivity index (χ0v) is 8.28. The maximum atomic E-state index is 11.3. The van der Waals surface area contributed by atoms with Crippen LogP contribution in [-0.2, 0) is 4.79 Å². The van der Waals surface area contributed by atoms with Gasteiger partial charge in [-0.15, -0.1) is 0 Å². The first-order valence-corrected chi connectivity index (χ1v) is 4.98. The van der Waals surface area contributed by atoms with E-state index in [1.807, 2.05) is 0 Å². The van der Waals surface area contributed by atoms with Gasteiger partial charge < -0.3 is 15.1 Å². The van der Waals surface area contributed by atoms with Gasteiger partial charge in [-0.2, -0.15) is 12.6 Å². The fraction of sp³-hybridized carbons (Fsp3) is 0.875. The van der Waals surface area contributed by atoms with Gasteiger partial charge in [0.2, 0.25) is 5.91 Å². The van der Waals surface area contributed by atoms with Crippen molar-refractivity contribution in [3.05, 3.63) is 0 Å². The molecular weight excluding hydrogens is 190 g/mol. The van der Waals surface area contributed by atoms with Gasteiger partial charge in [0, 0.05) is 19.5 Å². The van der Waals surface area contributed by atoms with E-state index in [2.05, 4.69) is 12.6 Å². The number of nitrogens with zero attached hydrogens (tertiary/aromatic N) is 1. The molecule has 0 spiro atoms. The largest absolute Gasteiger partial charge is 0.394 e. The van der Waals surface area contributed by atoms with E-state index in [4.69, 9.17) is 10.2 Å². The molecule has 1 rings (SSSR count). The number of likely N-dealkylation sites (tertiary alicyclic amines) is 1. The second-order valence-corrected chi connectivity index (χ2v) is 3.75.